The molecule has 87 valence electrons. The quantitative estimate of drug-likeness (QED) is 0.558. The Bertz CT molecular complexity index is 366. The van der Waals surface area contributed by atoms with Gasteiger partial charge in [0.25, 0.3) is 5.69 Å². The molecule has 0 fully saturated rings. The van der Waals surface area contributed by atoms with E-state index in [1.807, 2.05) is 32.1 Å². The molecule has 0 aliphatic carbocycles. The van der Waals surface area contributed by atoms with E-state index in [0.29, 0.717) is 0 Å². The van der Waals surface area contributed by atoms with Gasteiger partial charge in [-0.25, -0.2) is 0 Å². The highest BCUT2D eigenvalue weighted by molar-refractivity contribution is 5.52. The zero-order chi connectivity index (χ0) is 12.1. The summed E-state index contributed by atoms with van der Waals surface area (Å²) in [6.07, 6.45) is 0. The molecule has 16 heavy (non-hydrogen) atoms. The van der Waals surface area contributed by atoms with Gasteiger partial charge in [-0.2, -0.15) is 0 Å². The van der Waals surface area contributed by atoms with Gasteiger partial charge in [0.1, 0.15) is 0 Å². The first-order valence-corrected chi connectivity index (χ1v) is 5.02. The molecule has 0 N–H and O–H groups in total. The summed E-state index contributed by atoms with van der Waals surface area (Å²) < 4.78 is 0. The zero-order valence-corrected chi connectivity index (χ0v) is 9.80. The van der Waals surface area contributed by atoms with Gasteiger partial charge in [0.2, 0.25) is 0 Å². The van der Waals surface area contributed by atoms with Gasteiger partial charge in [0.15, 0.2) is 0 Å². The third-order valence-electron chi connectivity index (χ3n) is 2.29. The number of anilines is 1. The van der Waals surface area contributed by atoms with E-state index in [1.165, 1.54) is 6.07 Å². The van der Waals surface area contributed by atoms with Crippen LogP contribution >= 0.6 is 0 Å². The van der Waals surface area contributed by atoms with E-state index in [-0.39, 0.29) is 5.69 Å². The van der Waals surface area contributed by atoms with Crippen molar-refractivity contribution in [1.29, 1.82) is 0 Å². The Hall–Kier alpha value is -1.62. The highest BCUT2D eigenvalue weighted by Crippen LogP contribution is 2.19. The van der Waals surface area contributed by atoms with Gasteiger partial charge in [0, 0.05) is 31.9 Å². The van der Waals surface area contributed by atoms with E-state index >= 15 is 0 Å². The molecule has 0 saturated carbocycles. The molecule has 0 aliphatic rings. The van der Waals surface area contributed by atoms with E-state index in [1.54, 1.807) is 6.07 Å². The molecular weight excluding hydrogens is 206 g/mol. The van der Waals surface area contributed by atoms with Gasteiger partial charge < -0.3 is 9.80 Å². The third kappa shape index (κ3) is 3.51. The summed E-state index contributed by atoms with van der Waals surface area (Å²) in [5.74, 6) is 0. The number of rotatable bonds is 5. The van der Waals surface area contributed by atoms with Gasteiger partial charge in [-0.3, -0.25) is 10.1 Å². The van der Waals surface area contributed by atoms with Crippen molar-refractivity contribution >= 4 is 11.4 Å². The van der Waals surface area contributed by atoms with E-state index in [0.717, 1.165) is 18.8 Å². The molecule has 0 aromatic heterocycles. The largest absolute Gasteiger partial charge is 0.373 e. The number of nitro benzene ring substituents is 1. The fourth-order valence-corrected chi connectivity index (χ4v) is 1.26. The van der Waals surface area contributed by atoms with Crippen LogP contribution in [0.25, 0.3) is 0 Å². The Kier molecular flexibility index (Phi) is 4.25. The normalized spacial score (nSPS) is 10.5. The molecule has 1 radical (unpaired) electrons. The van der Waals surface area contributed by atoms with Crippen molar-refractivity contribution in [1.82, 2.24) is 4.90 Å². The lowest BCUT2D eigenvalue weighted by atomic mass is 10.2. The average molecular weight is 222 g/mol. The molecule has 5 heteroatoms. The van der Waals surface area contributed by atoms with Crippen LogP contribution in [-0.4, -0.2) is 44.1 Å². The molecule has 5 nitrogen and oxygen atoms in total. The molecule has 1 aromatic rings. The summed E-state index contributed by atoms with van der Waals surface area (Å²) in [4.78, 5) is 14.2. The molecule has 0 heterocycles. The van der Waals surface area contributed by atoms with Gasteiger partial charge in [0.05, 0.1) is 11.0 Å². The molecule has 0 saturated heterocycles. The van der Waals surface area contributed by atoms with Crippen LogP contribution in [0.1, 0.15) is 0 Å². The second-order valence-corrected chi connectivity index (χ2v) is 3.91. The van der Waals surface area contributed by atoms with E-state index in [4.69, 9.17) is 0 Å². The Morgan fingerprint density at radius 3 is 2.62 bits per heavy atom. The van der Waals surface area contributed by atoms with E-state index in [2.05, 4.69) is 11.0 Å². The summed E-state index contributed by atoms with van der Waals surface area (Å²) in [6.45, 7) is 1.73. The molecule has 0 bridgehead atoms. The Morgan fingerprint density at radius 2 is 2.06 bits per heavy atom. The number of hydrogen-bond donors (Lipinski definition) is 0. The maximum absolute atomic E-state index is 10.6. The van der Waals surface area contributed by atoms with Crippen molar-refractivity contribution < 1.29 is 4.92 Å². The summed E-state index contributed by atoms with van der Waals surface area (Å²) in [5.41, 5.74) is 0.849. The van der Waals surface area contributed by atoms with Crippen molar-refractivity contribution in [3.05, 3.63) is 34.4 Å². The van der Waals surface area contributed by atoms with Crippen LogP contribution in [0.15, 0.2) is 18.2 Å². The van der Waals surface area contributed by atoms with E-state index < -0.39 is 4.92 Å². The summed E-state index contributed by atoms with van der Waals surface area (Å²) in [5, 5.41) is 10.6. The minimum absolute atomic E-state index is 0.00852. The number of nitrogens with zero attached hydrogens (tertiary/aromatic N) is 3. The van der Waals surface area contributed by atoms with Crippen molar-refractivity contribution in [2.75, 3.05) is 39.1 Å². The standard InChI is InChI=1S/C11H16N3O2/c1-12(2)7-8-13(3)10-5-4-6-11(9-10)14(15)16/h4-5,9H,7-8H2,1-3H3. The molecular formula is C11H16N3O2. The predicted molar refractivity (Wildman–Crippen MR) is 63.8 cm³/mol. The summed E-state index contributed by atoms with van der Waals surface area (Å²) in [6, 6.07) is 7.53. The number of nitro groups is 1. The minimum atomic E-state index is -0.427. The Morgan fingerprint density at radius 1 is 1.38 bits per heavy atom. The van der Waals surface area contributed by atoms with Gasteiger partial charge in [-0.05, 0) is 26.2 Å². The van der Waals surface area contributed by atoms with Crippen LogP contribution in [0.3, 0.4) is 0 Å². The molecule has 1 aromatic carbocycles. The number of hydrogen-bond acceptors (Lipinski definition) is 4. The van der Waals surface area contributed by atoms with E-state index in [9.17, 15) is 10.1 Å². The lowest BCUT2D eigenvalue weighted by Crippen LogP contribution is -2.28. The highest BCUT2D eigenvalue weighted by Gasteiger charge is 2.08. The van der Waals surface area contributed by atoms with Crippen LogP contribution in [0.2, 0.25) is 0 Å². The van der Waals surface area contributed by atoms with Crippen LogP contribution in [0.4, 0.5) is 11.4 Å². The van der Waals surface area contributed by atoms with Crippen molar-refractivity contribution in [2.24, 2.45) is 0 Å². The average Bonchev–Trinajstić information content (AvgIpc) is 2.26. The fraction of sp³-hybridized carbons (Fsp3) is 0.455. The highest BCUT2D eigenvalue weighted by atomic mass is 16.6. The van der Waals surface area contributed by atoms with Gasteiger partial charge in [-0.15, -0.1) is 0 Å². The molecule has 0 spiro atoms. The molecule has 0 aliphatic heterocycles. The summed E-state index contributed by atoms with van der Waals surface area (Å²) in [7, 11) is 5.91. The smallest absolute Gasteiger partial charge is 0.279 e. The number of benzene rings is 1. The van der Waals surface area contributed by atoms with Crippen molar-refractivity contribution in [2.45, 2.75) is 0 Å². The maximum Gasteiger partial charge on any atom is 0.279 e. The van der Waals surface area contributed by atoms with Gasteiger partial charge >= 0.3 is 0 Å². The first-order valence-electron chi connectivity index (χ1n) is 5.02. The monoisotopic (exact) mass is 222 g/mol. The Balaban J connectivity index is 2.71. The molecule has 0 amide bonds. The second-order valence-electron chi connectivity index (χ2n) is 3.91. The fourth-order valence-electron chi connectivity index (χ4n) is 1.26. The third-order valence-corrected chi connectivity index (χ3v) is 2.29. The zero-order valence-electron chi connectivity index (χ0n) is 9.80. The number of non-ortho nitro benzene ring substituents is 1. The SMILES string of the molecule is CN(C)CCN(C)c1cc[c]c([N+](=O)[O-])c1. The summed E-state index contributed by atoms with van der Waals surface area (Å²) >= 11 is 0. The first kappa shape index (κ1) is 12.4. The topological polar surface area (TPSA) is 49.6 Å². The maximum atomic E-state index is 10.6. The van der Waals surface area contributed by atoms with Crippen molar-refractivity contribution in [3.8, 4) is 0 Å². The second kappa shape index (κ2) is 5.46. The lowest BCUT2D eigenvalue weighted by Gasteiger charge is -2.21. The molecule has 1 rings (SSSR count). The van der Waals surface area contributed by atoms with Crippen molar-refractivity contribution in [3.63, 3.8) is 0 Å². The minimum Gasteiger partial charge on any atom is -0.373 e. The van der Waals surface area contributed by atoms with Gasteiger partial charge in [-0.1, -0.05) is 0 Å². The van der Waals surface area contributed by atoms with Crippen LogP contribution in [-0.2, 0) is 0 Å². The van der Waals surface area contributed by atoms with Crippen LogP contribution < -0.4 is 4.90 Å². The lowest BCUT2D eigenvalue weighted by molar-refractivity contribution is -0.385. The predicted octanol–water partition coefficient (Wildman–Crippen LogP) is 1.39. The Labute approximate surface area is 95.4 Å². The molecule has 0 unspecified atom stereocenters. The van der Waals surface area contributed by atoms with Crippen LogP contribution in [0.5, 0.6) is 0 Å². The van der Waals surface area contributed by atoms with Crippen LogP contribution in [0, 0.1) is 16.2 Å². The number of likely N-dealkylation sites (N-methyl/N-ethyl adjacent to an activating group) is 2. The molecule has 0 atom stereocenters. The first-order chi connectivity index (χ1) is 7.50.